The first kappa shape index (κ1) is 17.3. The van der Waals surface area contributed by atoms with Crippen LogP contribution in [0.15, 0.2) is 24.3 Å². The Bertz CT molecular complexity index is 398. The van der Waals surface area contributed by atoms with Crippen molar-refractivity contribution in [3.63, 3.8) is 0 Å². The van der Waals surface area contributed by atoms with Crippen molar-refractivity contribution in [2.75, 3.05) is 37.6 Å². The molecule has 0 saturated carbocycles. The van der Waals surface area contributed by atoms with Crippen LogP contribution in [-0.4, -0.2) is 37.6 Å². The zero-order valence-electron chi connectivity index (χ0n) is 14.9. The van der Waals surface area contributed by atoms with Gasteiger partial charge >= 0.3 is 0 Å². The van der Waals surface area contributed by atoms with Crippen LogP contribution in [0.2, 0.25) is 0 Å². The average Bonchev–Trinajstić information content (AvgIpc) is 2.59. The second-order valence-corrected chi connectivity index (χ2v) is 6.63. The maximum atomic E-state index is 2.70. The number of hydrogen-bond donors (Lipinski definition) is 0. The average molecular weight is 303 g/mol. The third-order valence-corrected chi connectivity index (χ3v) is 4.98. The molecule has 2 fully saturated rings. The van der Waals surface area contributed by atoms with Gasteiger partial charge in [-0.2, -0.15) is 0 Å². The highest BCUT2D eigenvalue weighted by molar-refractivity contribution is 5.47. The maximum Gasteiger partial charge on any atom is 0.0366 e. The maximum absolute atomic E-state index is 2.70. The van der Waals surface area contributed by atoms with E-state index in [0.29, 0.717) is 0 Å². The van der Waals surface area contributed by atoms with Crippen LogP contribution in [-0.2, 0) is 0 Å². The summed E-state index contributed by atoms with van der Waals surface area (Å²) in [5.74, 6) is 0.926. The van der Waals surface area contributed by atoms with E-state index in [4.69, 9.17) is 0 Å². The SMILES string of the molecule is CC.Cc1ccc(N2CCC(CN3CCCCC3)CC2)cc1. The van der Waals surface area contributed by atoms with E-state index < -0.39 is 0 Å². The van der Waals surface area contributed by atoms with Gasteiger partial charge in [0.05, 0.1) is 0 Å². The smallest absolute Gasteiger partial charge is 0.0366 e. The third-order valence-electron chi connectivity index (χ3n) is 4.98. The van der Waals surface area contributed by atoms with E-state index >= 15 is 0 Å². The molecule has 0 amide bonds. The molecule has 1 aromatic carbocycles. The highest BCUT2D eigenvalue weighted by Crippen LogP contribution is 2.25. The standard InChI is InChI=1S/C18H28N2.C2H6/c1-16-5-7-18(8-6-16)20-13-9-17(10-14-20)15-19-11-3-2-4-12-19;1-2/h5-8,17H,2-4,9-15H2,1H3;1-2H3. The molecule has 0 unspecified atom stereocenters. The molecule has 0 radical (unpaired) electrons. The summed E-state index contributed by atoms with van der Waals surface area (Å²) in [6.07, 6.45) is 7.02. The summed E-state index contributed by atoms with van der Waals surface area (Å²) in [6, 6.07) is 9.02. The zero-order chi connectivity index (χ0) is 15.8. The third kappa shape index (κ3) is 5.01. The molecule has 0 N–H and O–H groups in total. The lowest BCUT2D eigenvalue weighted by Gasteiger charge is -2.37. The summed E-state index contributed by atoms with van der Waals surface area (Å²) in [5.41, 5.74) is 2.76. The van der Waals surface area contributed by atoms with Crippen LogP contribution in [0.25, 0.3) is 0 Å². The number of likely N-dealkylation sites (tertiary alicyclic amines) is 1. The van der Waals surface area contributed by atoms with Crippen LogP contribution in [0.1, 0.15) is 51.5 Å². The lowest BCUT2D eigenvalue weighted by atomic mass is 9.95. The van der Waals surface area contributed by atoms with Gasteiger partial charge in [0.15, 0.2) is 0 Å². The van der Waals surface area contributed by atoms with Gasteiger partial charge in [-0.1, -0.05) is 38.0 Å². The number of rotatable bonds is 3. The number of benzene rings is 1. The van der Waals surface area contributed by atoms with Crippen molar-refractivity contribution < 1.29 is 0 Å². The molecule has 2 nitrogen and oxygen atoms in total. The predicted molar refractivity (Wildman–Crippen MR) is 97.8 cm³/mol. The van der Waals surface area contributed by atoms with E-state index in [1.54, 1.807) is 0 Å². The van der Waals surface area contributed by atoms with Gasteiger partial charge in [-0.3, -0.25) is 0 Å². The van der Waals surface area contributed by atoms with Crippen LogP contribution < -0.4 is 4.90 Å². The molecular weight excluding hydrogens is 268 g/mol. The van der Waals surface area contributed by atoms with Crippen LogP contribution in [0.4, 0.5) is 5.69 Å². The molecule has 2 aliphatic rings. The minimum absolute atomic E-state index is 0.926. The molecule has 0 spiro atoms. The Hall–Kier alpha value is -1.02. The summed E-state index contributed by atoms with van der Waals surface area (Å²) >= 11 is 0. The molecule has 0 aliphatic carbocycles. The molecule has 22 heavy (non-hydrogen) atoms. The Morgan fingerprint density at radius 3 is 2.05 bits per heavy atom. The number of aryl methyl sites for hydroxylation is 1. The molecule has 2 heteroatoms. The molecule has 124 valence electrons. The Labute approximate surface area is 137 Å². The number of nitrogens with zero attached hydrogens (tertiary/aromatic N) is 2. The van der Waals surface area contributed by atoms with E-state index in [9.17, 15) is 0 Å². The minimum Gasteiger partial charge on any atom is -0.372 e. The largest absolute Gasteiger partial charge is 0.372 e. The fourth-order valence-electron chi connectivity index (χ4n) is 3.64. The molecular formula is C20H34N2. The summed E-state index contributed by atoms with van der Waals surface area (Å²) in [5, 5.41) is 0. The molecule has 0 atom stereocenters. The summed E-state index contributed by atoms with van der Waals surface area (Å²) in [4.78, 5) is 5.27. The van der Waals surface area contributed by atoms with Crippen LogP contribution in [0.5, 0.6) is 0 Å². The zero-order valence-corrected chi connectivity index (χ0v) is 14.9. The Balaban J connectivity index is 0.000000847. The Morgan fingerprint density at radius 1 is 0.864 bits per heavy atom. The lowest BCUT2D eigenvalue weighted by molar-refractivity contribution is 0.181. The van der Waals surface area contributed by atoms with Crippen molar-refractivity contribution in [2.45, 2.75) is 52.9 Å². The van der Waals surface area contributed by atoms with Gasteiger partial charge in [0.25, 0.3) is 0 Å². The van der Waals surface area contributed by atoms with Gasteiger partial charge < -0.3 is 9.80 Å². The fourth-order valence-corrected chi connectivity index (χ4v) is 3.64. The highest BCUT2D eigenvalue weighted by Gasteiger charge is 2.22. The molecule has 2 saturated heterocycles. The fraction of sp³-hybridized carbons (Fsp3) is 0.700. The molecule has 2 aliphatic heterocycles. The van der Waals surface area contributed by atoms with E-state index in [-0.39, 0.29) is 0 Å². The van der Waals surface area contributed by atoms with E-state index in [1.165, 1.54) is 76.1 Å². The van der Waals surface area contributed by atoms with Crippen molar-refractivity contribution in [3.05, 3.63) is 29.8 Å². The van der Waals surface area contributed by atoms with Crippen molar-refractivity contribution >= 4 is 5.69 Å². The lowest BCUT2D eigenvalue weighted by Crippen LogP contribution is -2.40. The first-order chi connectivity index (χ1) is 10.8. The second-order valence-electron chi connectivity index (χ2n) is 6.63. The monoisotopic (exact) mass is 302 g/mol. The Kier molecular flexibility index (Phi) is 7.24. The number of piperidine rings is 2. The summed E-state index contributed by atoms with van der Waals surface area (Å²) in [6.45, 7) is 12.7. The molecule has 2 heterocycles. The second kappa shape index (κ2) is 9.19. The molecule has 1 aromatic rings. The summed E-state index contributed by atoms with van der Waals surface area (Å²) < 4.78 is 0. The van der Waals surface area contributed by atoms with E-state index in [0.717, 1.165) is 5.92 Å². The molecule has 0 aromatic heterocycles. The first-order valence-electron chi connectivity index (χ1n) is 9.35. The van der Waals surface area contributed by atoms with Gasteiger partial charge in [0.1, 0.15) is 0 Å². The van der Waals surface area contributed by atoms with Crippen LogP contribution >= 0.6 is 0 Å². The van der Waals surface area contributed by atoms with Gasteiger partial charge in [-0.05, 0) is 63.7 Å². The van der Waals surface area contributed by atoms with E-state index in [2.05, 4.69) is 41.0 Å². The van der Waals surface area contributed by atoms with Crippen molar-refractivity contribution in [3.8, 4) is 0 Å². The Morgan fingerprint density at radius 2 is 1.45 bits per heavy atom. The minimum atomic E-state index is 0.926. The van der Waals surface area contributed by atoms with Gasteiger partial charge in [0, 0.05) is 25.3 Å². The topological polar surface area (TPSA) is 6.48 Å². The quantitative estimate of drug-likeness (QED) is 0.797. The van der Waals surface area contributed by atoms with Crippen LogP contribution in [0, 0.1) is 12.8 Å². The van der Waals surface area contributed by atoms with Gasteiger partial charge in [-0.15, -0.1) is 0 Å². The summed E-state index contributed by atoms with van der Waals surface area (Å²) in [7, 11) is 0. The van der Waals surface area contributed by atoms with Crippen molar-refractivity contribution in [2.24, 2.45) is 5.92 Å². The molecule has 3 rings (SSSR count). The first-order valence-corrected chi connectivity index (χ1v) is 9.35. The number of hydrogen-bond acceptors (Lipinski definition) is 2. The normalized spacial score (nSPS) is 20.4. The highest BCUT2D eigenvalue weighted by atomic mass is 15.2. The molecule has 0 bridgehead atoms. The predicted octanol–water partition coefficient (Wildman–Crippen LogP) is 4.72. The van der Waals surface area contributed by atoms with Crippen LogP contribution in [0.3, 0.4) is 0 Å². The van der Waals surface area contributed by atoms with Gasteiger partial charge in [0.2, 0.25) is 0 Å². The van der Waals surface area contributed by atoms with Crippen molar-refractivity contribution in [1.29, 1.82) is 0 Å². The van der Waals surface area contributed by atoms with E-state index in [1.807, 2.05) is 13.8 Å². The van der Waals surface area contributed by atoms with Crippen molar-refractivity contribution in [1.82, 2.24) is 4.90 Å². The van der Waals surface area contributed by atoms with Gasteiger partial charge in [-0.25, -0.2) is 0 Å². The number of anilines is 1.